The van der Waals surface area contributed by atoms with E-state index in [-0.39, 0.29) is 5.91 Å². The van der Waals surface area contributed by atoms with E-state index >= 15 is 0 Å². The largest absolute Gasteiger partial charge is 0.426 e. The van der Waals surface area contributed by atoms with Crippen LogP contribution in [-0.4, -0.2) is 17.8 Å². The van der Waals surface area contributed by atoms with Crippen molar-refractivity contribution in [1.29, 1.82) is 0 Å². The van der Waals surface area contributed by atoms with Crippen LogP contribution in [0.15, 0.2) is 48.5 Å². The number of ether oxygens (including phenoxy) is 1. The monoisotopic (exact) mass is 349 g/mol. The number of benzene rings is 2. The van der Waals surface area contributed by atoms with E-state index in [0.717, 1.165) is 16.0 Å². The van der Waals surface area contributed by atoms with E-state index in [1.807, 2.05) is 31.2 Å². The molecule has 0 bridgehead atoms. The Morgan fingerprint density at radius 3 is 2.31 bits per heavy atom. The highest BCUT2D eigenvalue weighted by Crippen LogP contribution is 2.52. The number of para-hydroxylation sites is 1. The summed E-state index contributed by atoms with van der Waals surface area (Å²) in [6, 6.07) is 14.2. The van der Waals surface area contributed by atoms with E-state index < -0.39 is 29.1 Å². The molecule has 2 atom stereocenters. The minimum Gasteiger partial charge on any atom is -0.426 e. The second-order valence-electron chi connectivity index (χ2n) is 7.45. The normalized spacial score (nSPS) is 24.0. The Morgan fingerprint density at radius 2 is 1.62 bits per heavy atom. The first-order chi connectivity index (χ1) is 12.3. The molecule has 0 N–H and O–H groups in total. The summed E-state index contributed by atoms with van der Waals surface area (Å²) in [6.45, 7) is 5.51. The zero-order chi connectivity index (χ0) is 18.6. The van der Waals surface area contributed by atoms with Gasteiger partial charge in [0.25, 0.3) is 0 Å². The molecule has 0 saturated carbocycles. The second-order valence-corrected chi connectivity index (χ2v) is 7.45. The third-order valence-electron chi connectivity index (χ3n) is 5.36. The molecular weight excluding hydrogens is 330 g/mol. The fraction of sp³-hybridized carbons (Fsp3) is 0.286. The lowest BCUT2D eigenvalue weighted by molar-refractivity contribution is -0.154. The van der Waals surface area contributed by atoms with Gasteiger partial charge in [0.05, 0.1) is 11.1 Å². The number of fused-ring (bicyclic) bond motifs is 3. The SMILES string of the molecule is Cc1ccc(N2C(=O)C3C(=O)Oc4ccccc4C3C(C)(C)C2=O)cc1. The number of rotatable bonds is 1. The minimum atomic E-state index is -1.03. The van der Waals surface area contributed by atoms with Gasteiger partial charge in [0.2, 0.25) is 11.8 Å². The summed E-state index contributed by atoms with van der Waals surface area (Å²) in [4.78, 5) is 40.2. The van der Waals surface area contributed by atoms with Gasteiger partial charge in [0.15, 0.2) is 0 Å². The molecule has 2 amide bonds. The number of hydrogen-bond donors (Lipinski definition) is 0. The molecule has 132 valence electrons. The molecule has 1 saturated heterocycles. The lowest BCUT2D eigenvalue weighted by Gasteiger charge is -2.47. The van der Waals surface area contributed by atoms with Gasteiger partial charge in [-0.25, -0.2) is 4.90 Å². The molecule has 0 aliphatic carbocycles. The first kappa shape index (κ1) is 16.5. The molecule has 1 fully saturated rings. The molecule has 5 nitrogen and oxygen atoms in total. The number of amides is 2. The fourth-order valence-corrected chi connectivity index (χ4v) is 3.97. The number of piperidine rings is 1. The summed E-state index contributed by atoms with van der Waals surface area (Å²) < 4.78 is 5.41. The molecule has 0 spiro atoms. The van der Waals surface area contributed by atoms with E-state index in [2.05, 4.69) is 0 Å². The van der Waals surface area contributed by atoms with E-state index in [1.165, 1.54) is 0 Å². The topological polar surface area (TPSA) is 63.7 Å². The Bertz CT molecular complexity index is 929. The zero-order valence-electron chi connectivity index (χ0n) is 14.9. The molecule has 4 rings (SSSR count). The van der Waals surface area contributed by atoms with Crippen molar-refractivity contribution in [3.63, 3.8) is 0 Å². The van der Waals surface area contributed by atoms with Crippen LogP contribution in [0.3, 0.4) is 0 Å². The summed E-state index contributed by atoms with van der Waals surface area (Å²) >= 11 is 0. The lowest BCUT2D eigenvalue weighted by atomic mass is 9.63. The Hall–Kier alpha value is -2.95. The van der Waals surface area contributed by atoms with Crippen LogP contribution in [0, 0.1) is 18.3 Å². The summed E-state index contributed by atoms with van der Waals surface area (Å²) in [5.41, 5.74) is 1.30. The molecule has 2 aromatic carbocycles. The highest BCUT2D eigenvalue weighted by atomic mass is 16.5. The molecule has 2 aliphatic rings. The second kappa shape index (κ2) is 5.53. The highest BCUT2D eigenvalue weighted by Gasteiger charge is 2.59. The fourth-order valence-electron chi connectivity index (χ4n) is 3.97. The number of carbonyl (C=O) groups excluding carboxylic acids is 3. The van der Waals surface area contributed by atoms with Gasteiger partial charge in [-0.15, -0.1) is 0 Å². The van der Waals surface area contributed by atoms with Gasteiger partial charge in [-0.05, 0) is 25.1 Å². The van der Waals surface area contributed by atoms with Crippen LogP contribution in [0.25, 0.3) is 0 Å². The van der Waals surface area contributed by atoms with Crippen molar-refractivity contribution in [2.45, 2.75) is 26.7 Å². The van der Waals surface area contributed by atoms with Crippen LogP contribution in [-0.2, 0) is 14.4 Å². The Morgan fingerprint density at radius 1 is 0.962 bits per heavy atom. The van der Waals surface area contributed by atoms with Gasteiger partial charge < -0.3 is 4.74 Å². The minimum absolute atomic E-state index is 0.308. The molecule has 0 radical (unpaired) electrons. The van der Waals surface area contributed by atoms with E-state index in [1.54, 1.807) is 38.1 Å². The highest BCUT2D eigenvalue weighted by molar-refractivity contribution is 6.24. The van der Waals surface area contributed by atoms with Gasteiger partial charge in [0.1, 0.15) is 11.7 Å². The lowest BCUT2D eigenvalue weighted by Crippen LogP contribution is -2.61. The number of carbonyl (C=O) groups is 3. The van der Waals surface area contributed by atoms with Gasteiger partial charge in [-0.2, -0.15) is 0 Å². The van der Waals surface area contributed by atoms with Crippen LogP contribution < -0.4 is 9.64 Å². The van der Waals surface area contributed by atoms with Gasteiger partial charge >= 0.3 is 5.97 Å². The molecule has 2 aliphatic heterocycles. The van der Waals surface area contributed by atoms with Crippen molar-refractivity contribution in [3.8, 4) is 5.75 Å². The summed E-state index contributed by atoms with van der Waals surface area (Å²) in [7, 11) is 0. The summed E-state index contributed by atoms with van der Waals surface area (Å²) in [5.74, 6) is -2.58. The van der Waals surface area contributed by atoms with Crippen LogP contribution in [0.4, 0.5) is 5.69 Å². The van der Waals surface area contributed by atoms with Crippen molar-refractivity contribution >= 4 is 23.5 Å². The predicted molar refractivity (Wildman–Crippen MR) is 95.8 cm³/mol. The van der Waals surface area contributed by atoms with Crippen molar-refractivity contribution in [2.24, 2.45) is 11.3 Å². The predicted octanol–water partition coefficient (Wildman–Crippen LogP) is 3.21. The van der Waals surface area contributed by atoms with Crippen molar-refractivity contribution in [3.05, 3.63) is 59.7 Å². The Balaban J connectivity index is 1.87. The third kappa shape index (κ3) is 2.20. The van der Waals surface area contributed by atoms with Crippen LogP contribution in [0.5, 0.6) is 5.75 Å². The molecule has 0 aromatic heterocycles. The maximum absolute atomic E-state index is 13.3. The number of anilines is 1. The van der Waals surface area contributed by atoms with E-state index in [0.29, 0.717) is 11.4 Å². The molecule has 2 aromatic rings. The Kier molecular flexibility index (Phi) is 3.51. The molecule has 2 heterocycles. The first-order valence-corrected chi connectivity index (χ1v) is 8.58. The molecule has 5 heteroatoms. The number of hydrogen-bond acceptors (Lipinski definition) is 4. The summed E-state index contributed by atoms with van der Waals surface area (Å²) in [5, 5.41) is 0. The van der Waals surface area contributed by atoms with Gasteiger partial charge in [0, 0.05) is 11.5 Å². The number of esters is 1. The summed E-state index contributed by atoms with van der Waals surface area (Å²) in [6.07, 6.45) is 0. The molecule has 26 heavy (non-hydrogen) atoms. The zero-order valence-corrected chi connectivity index (χ0v) is 14.9. The van der Waals surface area contributed by atoms with Gasteiger partial charge in [-0.1, -0.05) is 49.7 Å². The van der Waals surface area contributed by atoms with E-state index in [9.17, 15) is 14.4 Å². The first-order valence-electron chi connectivity index (χ1n) is 8.58. The van der Waals surface area contributed by atoms with Crippen LogP contribution in [0.2, 0.25) is 0 Å². The van der Waals surface area contributed by atoms with Crippen molar-refractivity contribution in [1.82, 2.24) is 0 Å². The van der Waals surface area contributed by atoms with Crippen molar-refractivity contribution < 1.29 is 19.1 Å². The maximum Gasteiger partial charge on any atom is 0.324 e. The van der Waals surface area contributed by atoms with Crippen LogP contribution in [0.1, 0.15) is 30.9 Å². The number of aryl methyl sites for hydroxylation is 1. The number of nitrogens with zero attached hydrogens (tertiary/aromatic N) is 1. The van der Waals surface area contributed by atoms with E-state index in [4.69, 9.17) is 4.74 Å². The molecule has 2 unspecified atom stereocenters. The quantitative estimate of drug-likeness (QED) is 0.343. The standard InChI is InChI=1S/C21H19NO4/c1-12-8-10-13(11-9-12)22-18(23)16-17(21(2,3)20(22)25)14-6-4-5-7-15(14)26-19(16)24/h4-11,16-17H,1-3H3. The average molecular weight is 349 g/mol. The van der Waals surface area contributed by atoms with Crippen molar-refractivity contribution in [2.75, 3.05) is 4.90 Å². The van der Waals surface area contributed by atoms with Crippen LogP contribution >= 0.6 is 0 Å². The van der Waals surface area contributed by atoms with Gasteiger partial charge in [-0.3, -0.25) is 14.4 Å². The Labute approximate surface area is 151 Å². The third-order valence-corrected chi connectivity index (χ3v) is 5.36. The molecular formula is C21H19NO4. The smallest absolute Gasteiger partial charge is 0.324 e. The number of imide groups is 1. The maximum atomic E-state index is 13.3. The average Bonchev–Trinajstić information content (AvgIpc) is 2.61.